The predicted octanol–water partition coefficient (Wildman–Crippen LogP) is 8.55. The molecule has 0 radical (unpaired) electrons. The van der Waals surface area contributed by atoms with Crippen LogP contribution in [0.15, 0.2) is 109 Å². The van der Waals surface area contributed by atoms with Gasteiger partial charge in [-0.05, 0) is 59.5 Å². The highest BCUT2D eigenvalue weighted by Crippen LogP contribution is 2.34. The van der Waals surface area contributed by atoms with Crippen LogP contribution in [-0.4, -0.2) is 31.2 Å². The Morgan fingerprint density at radius 3 is 1.84 bits per heavy atom. The van der Waals surface area contributed by atoms with Crippen LogP contribution in [-0.2, 0) is 13.2 Å². The monoisotopic (exact) mass is 611 g/mol. The van der Waals surface area contributed by atoms with Crippen LogP contribution in [0.1, 0.15) is 17.5 Å². The maximum Gasteiger partial charge on any atom is 0.225 e. The van der Waals surface area contributed by atoms with Gasteiger partial charge in [-0.1, -0.05) is 78.3 Å². The molecule has 0 spiro atoms. The Kier molecular flexibility index (Phi) is 9.22. The van der Waals surface area contributed by atoms with E-state index in [0.29, 0.717) is 78.7 Å². The number of anilines is 2. The van der Waals surface area contributed by atoms with Crippen molar-refractivity contribution in [2.75, 3.05) is 36.0 Å². The Bertz CT molecular complexity index is 1710. The van der Waals surface area contributed by atoms with E-state index in [-0.39, 0.29) is 11.6 Å². The average Bonchev–Trinajstić information content (AvgIpc) is 3.30. The molecule has 1 fully saturated rings. The van der Waals surface area contributed by atoms with Gasteiger partial charge < -0.3 is 19.3 Å². The molecule has 0 amide bonds. The topological polar surface area (TPSA) is 37.8 Å². The van der Waals surface area contributed by atoms with Crippen molar-refractivity contribution in [3.8, 4) is 22.9 Å². The Labute approximate surface area is 261 Å². The molecule has 1 aliphatic rings. The van der Waals surface area contributed by atoms with Gasteiger partial charge in [0.1, 0.15) is 24.8 Å². The second-order valence-corrected chi connectivity index (χ2v) is 11.1. The molecule has 1 aromatic heterocycles. The number of benzene rings is 4. The number of nitrogens with zero attached hydrogens (tertiary/aromatic N) is 3. The zero-order chi connectivity index (χ0) is 30.3. The smallest absolute Gasteiger partial charge is 0.225 e. The van der Waals surface area contributed by atoms with Gasteiger partial charge in [0, 0.05) is 42.8 Å². The summed E-state index contributed by atoms with van der Waals surface area (Å²) in [6.45, 7) is 3.11. The van der Waals surface area contributed by atoms with E-state index in [9.17, 15) is 4.39 Å². The van der Waals surface area contributed by atoms with Crippen LogP contribution in [0.5, 0.6) is 11.8 Å². The third-order valence-electron chi connectivity index (χ3n) is 7.63. The number of pyridine rings is 1. The van der Waals surface area contributed by atoms with Gasteiger partial charge >= 0.3 is 0 Å². The van der Waals surface area contributed by atoms with Gasteiger partial charge in [0.15, 0.2) is 0 Å². The van der Waals surface area contributed by atoms with E-state index >= 15 is 4.39 Å². The summed E-state index contributed by atoms with van der Waals surface area (Å²) in [4.78, 5) is 8.66. The Balaban J connectivity index is 1.21. The maximum atomic E-state index is 15.7. The highest BCUT2D eigenvalue weighted by molar-refractivity contribution is 6.30. The van der Waals surface area contributed by atoms with Gasteiger partial charge in [-0.25, -0.2) is 8.78 Å². The molecule has 2 heterocycles. The molecule has 1 aliphatic heterocycles. The molecule has 0 unspecified atom stereocenters. The molecule has 5 nitrogen and oxygen atoms in total. The lowest BCUT2D eigenvalue weighted by Crippen LogP contribution is -2.31. The molecule has 44 heavy (non-hydrogen) atoms. The fourth-order valence-electron chi connectivity index (χ4n) is 5.36. The van der Waals surface area contributed by atoms with Crippen molar-refractivity contribution in [3.63, 3.8) is 0 Å². The largest absolute Gasteiger partial charge is 0.473 e. The molecule has 0 N–H and O–H groups in total. The summed E-state index contributed by atoms with van der Waals surface area (Å²) in [6.07, 6.45) is 0.759. The number of ether oxygens (including phenoxy) is 2. The van der Waals surface area contributed by atoms with Crippen molar-refractivity contribution >= 4 is 23.0 Å². The minimum Gasteiger partial charge on any atom is -0.473 e. The number of rotatable bonds is 9. The van der Waals surface area contributed by atoms with Gasteiger partial charge in [-0.2, -0.15) is 4.98 Å². The molecule has 4 aromatic carbocycles. The summed E-state index contributed by atoms with van der Waals surface area (Å²) in [5.74, 6) is 0.0925. The third kappa shape index (κ3) is 7.12. The molecule has 6 rings (SSSR count). The minimum absolute atomic E-state index is 0.308. The molecule has 8 heteroatoms. The first-order chi connectivity index (χ1) is 21.5. The van der Waals surface area contributed by atoms with Gasteiger partial charge in [0.2, 0.25) is 11.8 Å². The van der Waals surface area contributed by atoms with E-state index in [4.69, 9.17) is 21.1 Å². The lowest BCUT2D eigenvalue weighted by atomic mass is 10.1. The number of halogens is 3. The van der Waals surface area contributed by atoms with Gasteiger partial charge in [0.05, 0.1) is 11.4 Å². The molecule has 5 aromatic rings. The summed E-state index contributed by atoms with van der Waals surface area (Å²) in [5.41, 5.74) is 4.35. The standard InChI is InChI=1S/C36H32ClF2N3O2/c37-29-13-16-34(32(39)23-29)42-19-7-18-41(20-21-42)33-15-12-28(22-31(33)38)30-14-17-35(43-24-26-8-3-1-4-9-26)40-36(30)44-25-27-10-5-2-6-11-27/h1-6,8-17,22-23H,7,18-21,24-25H2. The molecule has 0 atom stereocenters. The summed E-state index contributed by atoms with van der Waals surface area (Å²) < 4.78 is 42.4. The van der Waals surface area contributed by atoms with E-state index in [1.165, 1.54) is 12.1 Å². The number of hydrogen-bond donors (Lipinski definition) is 0. The summed E-state index contributed by atoms with van der Waals surface area (Å²) in [5, 5.41) is 0.364. The molecular weight excluding hydrogens is 580 g/mol. The second kappa shape index (κ2) is 13.8. The molecular formula is C36H32ClF2N3O2. The minimum atomic E-state index is -0.350. The summed E-state index contributed by atoms with van der Waals surface area (Å²) in [6, 6.07) is 33.2. The first-order valence-corrected chi connectivity index (χ1v) is 15.0. The molecule has 224 valence electrons. The van der Waals surface area contributed by atoms with Crippen molar-refractivity contribution < 1.29 is 18.3 Å². The molecule has 0 aliphatic carbocycles. The third-order valence-corrected chi connectivity index (χ3v) is 7.86. The zero-order valence-electron chi connectivity index (χ0n) is 24.1. The first kappa shape index (κ1) is 29.5. The number of aromatic nitrogens is 1. The zero-order valence-corrected chi connectivity index (χ0v) is 24.9. The van der Waals surface area contributed by atoms with Crippen molar-refractivity contribution in [1.29, 1.82) is 0 Å². The van der Waals surface area contributed by atoms with Crippen molar-refractivity contribution in [1.82, 2.24) is 4.98 Å². The Hall–Kier alpha value is -4.62. The average molecular weight is 612 g/mol. The summed E-state index contributed by atoms with van der Waals surface area (Å²) >= 11 is 5.94. The first-order valence-electron chi connectivity index (χ1n) is 14.6. The predicted molar refractivity (Wildman–Crippen MR) is 172 cm³/mol. The van der Waals surface area contributed by atoms with Crippen LogP contribution in [0.25, 0.3) is 11.1 Å². The fraction of sp³-hybridized carbons (Fsp3) is 0.194. The van der Waals surface area contributed by atoms with Crippen LogP contribution in [0, 0.1) is 11.6 Å². The van der Waals surface area contributed by atoms with Gasteiger partial charge in [-0.3, -0.25) is 0 Å². The molecule has 0 bridgehead atoms. The maximum absolute atomic E-state index is 15.7. The second-order valence-electron chi connectivity index (χ2n) is 10.6. The van der Waals surface area contributed by atoms with Crippen LogP contribution in [0.3, 0.4) is 0 Å². The van der Waals surface area contributed by atoms with Crippen molar-refractivity contribution in [2.24, 2.45) is 0 Å². The fourth-order valence-corrected chi connectivity index (χ4v) is 5.52. The van der Waals surface area contributed by atoms with Crippen LogP contribution < -0.4 is 19.3 Å². The summed E-state index contributed by atoms with van der Waals surface area (Å²) in [7, 11) is 0. The normalized spacial score (nSPS) is 13.4. The van der Waals surface area contributed by atoms with Gasteiger partial charge in [-0.15, -0.1) is 0 Å². The van der Waals surface area contributed by atoms with Crippen LogP contribution >= 0.6 is 11.6 Å². The van der Waals surface area contributed by atoms with Crippen molar-refractivity contribution in [2.45, 2.75) is 19.6 Å². The number of hydrogen-bond acceptors (Lipinski definition) is 5. The molecule has 0 saturated carbocycles. The lowest BCUT2D eigenvalue weighted by molar-refractivity contribution is 0.268. The Morgan fingerprint density at radius 2 is 1.23 bits per heavy atom. The van der Waals surface area contributed by atoms with E-state index < -0.39 is 0 Å². The quantitative estimate of drug-likeness (QED) is 0.167. The van der Waals surface area contributed by atoms with E-state index in [0.717, 1.165) is 17.5 Å². The SMILES string of the molecule is Fc1cc(Cl)ccc1N1CCCN(c2ccc(-c3ccc(OCc4ccccc4)nc3OCc3ccccc3)cc2F)CC1. The van der Waals surface area contributed by atoms with Gasteiger partial charge in [0.25, 0.3) is 0 Å². The highest BCUT2D eigenvalue weighted by atomic mass is 35.5. The van der Waals surface area contributed by atoms with Crippen LogP contribution in [0.4, 0.5) is 20.2 Å². The van der Waals surface area contributed by atoms with E-state index in [1.54, 1.807) is 24.3 Å². The van der Waals surface area contributed by atoms with E-state index in [1.807, 2.05) is 82.6 Å². The highest BCUT2D eigenvalue weighted by Gasteiger charge is 2.21. The van der Waals surface area contributed by atoms with E-state index in [2.05, 4.69) is 4.98 Å². The van der Waals surface area contributed by atoms with Crippen LogP contribution in [0.2, 0.25) is 5.02 Å². The molecule has 1 saturated heterocycles. The Morgan fingerprint density at radius 1 is 0.636 bits per heavy atom. The lowest BCUT2D eigenvalue weighted by Gasteiger charge is -2.25. The van der Waals surface area contributed by atoms with Crippen molar-refractivity contribution in [3.05, 3.63) is 137 Å².